The predicted octanol–water partition coefficient (Wildman–Crippen LogP) is 0.314. The second kappa shape index (κ2) is 3.14. The lowest BCUT2D eigenvalue weighted by molar-refractivity contribution is -0.137. The van der Waals surface area contributed by atoms with Gasteiger partial charge in [-0.3, -0.25) is 4.79 Å². The van der Waals surface area contributed by atoms with Crippen LogP contribution >= 0.6 is 0 Å². The van der Waals surface area contributed by atoms with Gasteiger partial charge in [0, 0.05) is 0 Å². The molecule has 1 aromatic heterocycles. The summed E-state index contributed by atoms with van der Waals surface area (Å²) in [5, 5.41) is 12.2. The summed E-state index contributed by atoms with van der Waals surface area (Å²) in [6, 6.07) is -0.130. The van der Waals surface area contributed by atoms with Gasteiger partial charge in [0.2, 0.25) is 0 Å². The van der Waals surface area contributed by atoms with Crippen LogP contribution in [0.15, 0.2) is 12.7 Å². The van der Waals surface area contributed by atoms with Crippen molar-refractivity contribution in [2.24, 2.45) is 0 Å². The monoisotopic (exact) mass is 155 g/mol. The summed E-state index contributed by atoms with van der Waals surface area (Å²) in [6.07, 6.45) is 2.97. The van der Waals surface area contributed by atoms with Crippen molar-refractivity contribution in [2.75, 3.05) is 0 Å². The first-order valence-corrected chi connectivity index (χ1v) is 3.26. The van der Waals surface area contributed by atoms with Crippen LogP contribution < -0.4 is 0 Å². The van der Waals surface area contributed by atoms with Crippen LogP contribution in [0.5, 0.6) is 0 Å². The molecule has 0 saturated heterocycles. The molecule has 1 heterocycles. The summed E-state index contributed by atoms with van der Waals surface area (Å²) in [7, 11) is 0. The average molecular weight is 155 g/mol. The summed E-state index contributed by atoms with van der Waals surface area (Å²) in [5.74, 6) is -0.826. The summed E-state index contributed by atoms with van der Waals surface area (Å²) < 4.78 is 1.52. The molecule has 60 valence electrons. The first-order valence-electron chi connectivity index (χ1n) is 3.26. The fourth-order valence-electron chi connectivity index (χ4n) is 0.791. The number of carboxylic acids is 1. The molecule has 0 aromatic carbocycles. The maximum Gasteiger partial charge on any atom is 0.305 e. The Hall–Kier alpha value is -1.39. The van der Waals surface area contributed by atoms with Gasteiger partial charge < -0.3 is 5.11 Å². The zero-order valence-electron chi connectivity index (χ0n) is 6.14. The first kappa shape index (κ1) is 7.71. The largest absolute Gasteiger partial charge is 0.481 e. The molecule has 11 heavy (non-hydrogen) atoms. The molecule has 0 aliphatic heterocycles. The second-order valence-corrected chi connectivity index (χ2v) is 2.32. The minimum absolute atomic E-state index is 0.0728. The predicted molar refractivity (Wildman–Crippen MR) is 37.0 cm³/mol. The molecule has 0 bridgehead atoms. The Bertz CT molecular complexity index is 232. The van der Waals surface area contributed by atoms with Crippen LogP contribution in [0, 0.1) is 0 Å². The van der Waals surface area contributed by atoms with Gasteiger partial charge in [-0.25, -0.2) is 9.67 Å². The summed E-state index contributed by atoms with van der Waals surface area (Å²) >= 11 is 0. The van der Waals surface area contributed by atoms with Crippen LogP contribution in [0.4, 0.5) is 0 Å². The van der Waals surface area contributed by atoms with E-state index in [2.05, 4.69) is 10.1 Å². The molecule has 0 saturated carbocycles. The zero-order valence-corrected chi connectivity index (χ0v) is 6.14. The van der Waals surface area contributed by atoms with E-state index >= 15 is 0 Å². The molecule has 0 radical (unpaired) electrons. The standard InChI is InChI=1S/C6H9N3O2/c1-5(2-6(10)11)9-4-7-3-8-9/h3-5H,2H2,1H3,(H,10,11)/t5-/m1/s1. The first-order chi connectivity index (χ1) is 5.20. The van der Waals surface area contributed by atoms with Crippen LogP contribution in [0.3, 0.4) is 0 Å². The average Bonchev–Trinajstić information content (AvgIpc) is 2.35. The molecule has 1 aromatic rings. The Balaban J connectivity index is 2.56. The molecular weight excluding hydrogens is 146 g/mol. The third-order valence-corrected chi connectivity index (χ3v) is 1.36. The van der Waals surface area contributed by atoms with Gasteiger partial charge in [-0.15, -0.1) is 0 Å². The van der Waals surface area contributed by atoms with Crippen LogP contribution in [0.2, 0.25) is 0 Å². The van der Waals surface area contributed by atoms with E-state index in [9.17, 15) is 4.79 Å². The van der Waals surface area contributed by atoms with E-state index in [1.54, 1.807) is 6.92 Å². The molecule has 1 rings (SSSR count). The normalized spacial score (nSPS) is 12.8. The van der Waals surface area contributed by atoms with Crippen molar-refractivity contribution < 1.29 is 9.90 Å². The fraction of sp³-hybridized carbons (Fsp3) is 0.500. The maximum atomic E-state index is 10.2. The van der Waals surface area contributed by atoms with Crippen molar-refractivity contribution in [3.8, 4) is 0 Å². The summed E-state index contributed by atoms with van der Waals surface area (Å²) in [4.78, 5) is 14.0. The number of carbonyl (C=O) groups is 1. The quantitative estimate of drug-likeness (QED) is 0.682. The van der Waals surface area contributed by atoms with Gasteiger partial charge in [-0.1, -0.05) is 0 Å². The van der Waals surface area contributed by atoms with E-state index in [0.717, 1.165) is 0 Å². The van der Waals surface area contributed by atoms with Crippen LogP contribution in [0.1, 0.15) is 19.4 Å². The highest BCUT2D eigenvalue weighted by Crippen LogP contribution is 2.06. The molecule has 0 aliphatic carbocycles. The number of carboxylic acid groups (broad SMARTS) is 1. The van der Waals surface area contributed by atoms with Gasteiger partial charge in [-0.05, 0) is 6.92 Å². The number of hydrogen-bond donors (Lipinski definition) is 1. The number of nitrogens with zero attached hydrogens (tertiary/aromatic N) is 3. The highest BCUT2D eigenvalue weighted by atomic mass is 16.4. The molecular formula is C6H9N3O2. The Morgan fingerprint density at radius 2 is 2.55 bits per heavy atom. The van der Waals surface area contributed by atoms with Gasteiger partial charge in [0.25, 0.3) is 0 Å². The van der Waals surface area contributed by atoms with Crippen LogP contribution in [-0.2, 0) is 4.79 Å². The van der Waals surface area contributed by atoms with Gasteiger partial charge in [0.15, 0.2) is 0 Å². The van der Waals surface area contributed by atoms with Crippen LogP contribution in [0.25, 0.3) is 0 Å². The maximum absolute atomic E-state index is 10.2. The molecule has 0 fully saturated rings. The number of aromatic nitrogens is 3. The minimum atomic E-state index is -0.826. The molecule has 5 heteroatoms. The molecule has 0 aliphatic rings. The number of rotatable bonds is 3. The van der Waals surface area contributed by atoms with Crippen LogP contribution in [-0.4, -0.2) is 25.8 Å². The number of aliphatic carboxylic acids is 1. The highest BCUT2D eigenvalue weighted by Gasteiger charge is 2.08. The van der Waals surface area contributed by atoms with E-state index in [4.69, 9.17) is 5.11 Å². The zero-order chi connectivity index (χ0) is 8.27. The van der Waals surface area contributed by atoms with Gasteiger partial charge in [-0.2, -0.15) is 5.10 Å². The topological polar surface area (TPSA) is 68.0 Å². The lowest BCUT2D eigenvalue weighted by atomic mass is 10.2. The Morgan fingerprint density at radius 3 is 3.00 bits per heavy atom. The molecule has 5 nitrogen and oxygen atoms in total. The SMILES string of the molecule is C[C@H](CC(=O)O)n1cncn1. The van der Waals surface area contributed by atoms with Crippen molar-refractivity contribution in [3.05, 3.63) is 12.7 Å². The van der Waals surface area contributed by atoms with E-state index in [1.807, 2.05) is 0 Å². The van der Waals surface area contributed by atoms with Gasteiger partial charge >= 0.3 is 5.97 Å². The van der Waals surface area contributed by atoms with E-state index in [0.29, 0.717) is 0 Å². The molecule has 0 amide bonds. The van der Waals surface area contributed by atoms with Crippen molar-refractivity contribution in [1.29, 1.82) is 0 Å². The van der Waals surface area contributed by atoms with Crippen molar-refractivity contribution in [1.82, 2.24) is 14.8 Å². The van der Waals surface area contributed by atoms with Gasteiger partial charge in [0.05, 0.1) is 12.5 Å². The molecule has 0 unspecified atom stereocenters. The fourth-order valence-corrected chi connectivity index (χ4v) is 0.791. The van der Waals surface area contributed by atoms with E-state index in [1.165, 1.54) is 17.3 Å². The summed E-state index contributed by atoms with van der Waals surface area (Å²) in [6.45, 7) is 1.78. The molecule has 1 atom stereocenters. The lowest BCUT2D eigenvalue weighted by Gasteiger charge is -2.06. The third kappa shape index (κ3) is 2.03. The lowest BCUT2D eigenvalue weighted by Crippen LogP contribution is -2.10. The van der Waals surface area contributed by atoms with Crippen molar-refractivity contribution in [3.63, 3.8) is 0 Å². The Morgan fingerprint density at radius 1 is 1.82 bits per heavy atom. The minimum Gasteiger partial charge on any atom is -0.481 e. The Labute approximate surface area is 63.7 Å². The molecule has 1 N–H and O–H groups in total. The third-order valence-electron chi connectivity index (χ3n) is 1.36. The van der Waals surface area contributed by atoms with Gasteiger partial charge in [0.1, 0.15) is 12.7 Å². The smallest absolute Gasteiger partial charge is 0.305 e. The summed E-state index contributed by atoms with van der Waals surface area (Å²) in [5.41, 5.74) is 0. The van der Waals surface area contributed by atoms with E-state index in [-0.39, 0.29) is 12.5 Å². The molecule has 0 spiro atoms. The highest BCUT2D eigenvalue weighted by molar-refractivity contribution is 5.67. The van der Waals surface area contributed by atoms with Crippen molar-refractivity contribution in [2.45, 2.75) is 19.4 Å². The number of hydrogen-bond acceptors (Lipinski definition) is 3. The van der Waals surface area contributed by atoms with Crippen molar-refractivity contribution >= 4 is 5.97 Å². The van der Waals surface area contributed by atoms with E-state index < -0.39 is 5.97 Å². The Kier molecular flexibility index (Phi) is 2.20. The second-order valence-electron chi connectivity index (χ2n) is 2.32.